The van der Waals surface area contributed by atoms with E-state index in [0.29, 0.717) is 46.5 Å². The number of carbonyl (C=O) groups excluding carboxylic acids is 2. The van der Waals surface area contributed by atoms with Gasteiger partial charge < -0.3 is 8.83 Å². The van der Waals surface area contributed by atoms with Gasteiger partial charge in [0.1, 0.15) is 11.5 Å². The number of hydrogen-bond donors (Lipinski definition) is 2. The lowest BCUT2D eigenvalue weighted by molar-refractivity contribution is -0.121. The number of rotatable bonds is 10. The van der Waals surface area contributed by atoms with E-state index >= 15 is 0 Å². The summed E-state index contributed by atoms with van der Waals surface area (Å²) in [5, 5.41) is 7.62. The highest BCUT2D eigenvalue weighted by Crippen LogP contribution is 2.12. The predicted octanol–water partition coefficient (Wildman–Crippen LogP) is 3.95. The van der Waals surface area contributed by atoms with E-state index in [2.05, 4.69) is 52.9 Å². The molecule has 0 spiro atoms. The number of halogens is 2. The second-order valence-corrected chi connectivity index (χ2v) is 6.99. The molecular formula is C17H18Br2N4O4. The molecule has 144 valence electrons. The van der Waals surface area contributed by atoms with E-state index in [9.17, 15) is 9.59 Å². The zero-order valence-electron chi connectivity index (χ0n) is 14.3. The van der Waals surface area contributed by atoms with Crippen LogP contribution in [-0.4, -0.2) is 24.2 Å². The normalized spacial score (nSPS) is 11.3. The van der Waals surface area contributed by atoms with Gasteiger partial charge >= 0.3 is 0 Å². The van der Waals surface area contributed by atoms with Crippen molar-refractivity contribution in [1.82, 2.24) is 10.9 Å². The first-order valence-electron chi connectivity index (χ1n) is 8.17. The summed E-state index contributed by atoms with van der Waals surface area (Å²) in [4.78, 5) is 23.3. The molecule has 0 unspecified atom stereocenters. The maximum atomic E-state index is 11.6. The van der Waals surface area contributed by atoms with Crippen molar-refractivity contribution in [2.24, 2.45) is 10.2 Å². The van der Waals surface area contributed by atoms with Crippen LogP contribution in [0.1, 0.15) is 43.6 Å². The van der Waals surface area contributed by atoms with Crippen LogP contribution in [0.5, 0.6) is 0 Å². The Hall–Kier alpha value is -2.20. The maximum absolute atomic E-state index is 11.6. The Morgan fingerprint density at radius 3 is 1.63 bits per heavy atom. The molecule has 2 aromatic rings. The van der Waals surface area contributed by atoms with Crippen molar-refractivity contribution in [1.29, 1.82) is 0 Å². The summed E-state index contributed by atoms with van der Waals surface area (Å²) in [6, 6.07) is 6.92. The van der Waals surface area contributed by atoms with Crippen molar-refractivity contribution in [2.75, 3.05) is 0 Å². The summed E-state index contributed by atoms with van der Waals surface area (Å²) in [6.45, 7) is 0. The van der Waals surface area contributed by atoms with Gasteiger partial charge in [-0.25, -0.2) is 10.9 Å². The van der Waals surface area contributed by atoms with Crippen LogP contribution in [0.3, 0.4) is 0 Å². The summed E-state index contributed by atoms with van der Waals surface area (Å²) >= 11 is 6.36. The second kappa shape index (κ2) is 11.5. The molecule has 2 rings (SSSR count). The van der Waals surface area contributed by atoms with Crippen LogP contribution in [0.15, 0.2) is 52.6 Å². The number of nitrogens with zero attached hydrogens (tertiary/aromatic N) is 2. The maximum Gasteiger partial charge on any atom is 0.240 e. The Kier molecular flexibility index (Phi) is 8.99. The van der Waals surface area contributed by atoms with Gasteiger partial charge in [0.05, 0.1) is 12.4 Å². The third-order valence-corrected chi connectivity index (χ3v) is 4.11. The SMILES string of the molecule is O=C(CCCCCC(=O)NN=Cc1ccc(Br)o1)NN=Cc1ccc(Br)o1. The first-order valence-corrected chi connectivity index (χ1v) is 9.76. The minimum absolute atomic E-state index is 0.185. The van der Waals surface area contributed by atoms with Crippen molar-refractivity contribution in [3.8, 4) is 0 Å². The second-order valence-electron chi connectivity index (χ2n) is 5.43. The lowest BCUT2D eigenvalue weighted by Crippen LogP contribution is -2.18. The van der Waals surface area contributed by atoms with Crippen molar-refractivity contribution in [2.45, 2.75) is 32.1 Å². The summed E-state index contributed by atoms with van der Waals surface area (Å²) < 4.78 is 11.6. The van der Waals surface area contributed by atoms with Crippen LogP contribution < -0.4 is 10.9 Å². The highest BCUT2D eigenvalue weighted by atomic mass is 79.9. The van der Waals surface area contributed by atoms with Gasteiger partial charge in [-0.15, -0.1) is 0 Å². The van der Waals surface area contributed by atoms with E-state index < -0.39 is 0 Å². The third-order valence-electron chi connectivity index (χ3n) is 3.26. The minimum Gasteiger partial charge on any atom is -0.448 e. The molecular weight excluding hydrogens is 484 g/mol. The van der Waals surface area contributed by atoms with E-state index in [1.165, 1.54) is 12.4 Å². The van der Waals surface area contributed by atoms with Gasteiger partial charge in [-0.05, 0) is 69.0 Å². The number of furan rings is 2. The molecule has 0 fully saturated rings. The molecule has 2 aromatic heterocycles. The predicted molar refractivity (Wildman–Crippen MR) is 107 cm³/mol. The molecule has 0 aliphatic rings. The molecule has 2 amide bonds. The molecule has 10 heteroatoms. The summed E-state index contributed by atoms with van der Waals surface area (Å²) in [6.07, 6.45) is 5.63. The molecule has 8 nitrogen and oxygen atoms in total. The monoisotopic (exact) mass is 500 g/mol. The standard InChI is InChI=1S/C17H18Br2N4O4/c18-14-8-6-12(26-14)10-20-22-16(24)4-2-1-3-5-17(25)23-21-11-13-7-9-15(19)27-13/h6-11H,1-5H2,(H,22,24)(H,23,25). The lowest BCUT2D eigenvalue weighted by Gasteiger charge is -2.01. The average Bonchev–Trinajstić information content (AvgIpc) is 3.23. The summed E-state index contributed by atoms with van der Waals surface area (Å²) in [7, 11) is 0. The third kappa shape index (κ3) is 8.83. The molecule has 0 atom stereocenters. The fourth-order valence-electron chi connectivity index (χ4n) is 1.99. The van der Waals surface area contributed by atoms with E-state index in [1.807, 2.05) is 0 Å². The van der Waals surface area contributed by atoms with Crippen LogP contribution in [-0.2, 0) is 9.59 Å². The molecule has 27 heavy (non-hydrogen) atoms. The van der Waals surface area contributed by atoms with Gasteiger partial charge in [-0.1, -0.05) is 6.42 Å². The van der Waals surface area contributed by atoms with Crippen LogP contribution in [0.4, 0.5) is 0 Å². The van der Waals surface area contributed by atoms with E-state index in [-0.39, 0.29) is 11.8 Å². The van der Waals surface area contributed by atoms with Gasteiger partial charge in [0.2, 0.25) is 11.8 Å². The molecule has 2 heterocycles. The molecule has 0 bridgehead atoms. The Labute approximate surface area is 172 Å². The number of hydrazone groups is 2. The first kappa shape index (κ1) is 21.1. The fraction of sp³-hybridized carbons (Fsp3) is 0.294. The van der Waals surface area contributed by atoms with Crippen molar-refractivity contribution >= 4 is 56.1 Å². The quantitative estimate of drug-likeness (QED) is 0.292. The molecule has 0 radical (unpaired) electrons. The Balaban J connectivity index is 1.50. The minimum atomic E-state index is -0.185. The average molecular weight is 502 g/mol. The number of hydrogen-bond acceptors (Lipinski definition) is 6. The Morgan fingerprint density at radius 2 is 1.26 bits per heavy atom. The van der Waals surface area contributed by atoms with Crippen molar-refractivity contribution < 1.29 is 18.4 Å². The lowest BCUT2D eigenvalue weighted by atomic mass is 10.1. The molecule has 0 aliphatic heterocycles. The van der Waals surface area contributed by atoms with Crippen LogP contribution in [0.25, 0.3) is 0 Å². The smallest absolute Gasteiger partial charge is 0.240 e. The largest absolute Gasteiger partial charge is 0.448 e. The zero-order valence-corrected chi connectivity index (χ0v) is 17.5. The Morgan fingerprint density at radius 1 is 0.815 bits per heavy atom. The Bertz CT molecular complexity index is 747. The topological polar surface area (TPSA) is 109 Å². The van der Waals surface area contributed by atoms with E-state index in [1.54, 1.807) is 24.3 Å². The number of nitrogens with one attached hydrogen (secondary N) is 2. The van der Waals surface area contributed by atoms with Gasteiger partial charge in [-0.2, -0.15) is 10.2 Å². The van der Waals surface area contributed by atoms with E-state index in [4.69, 9.17) is 8.83 Å². The fourth-order valence-corrected chi connectivity index (χ4v) is 2.63. The number of unbranched alkanes of at least 4 members (excludes halogenated alkanes) is 2. The van der Waals surface area contributed by atoms with Crippen molar-refractivity contribution in [3.63, 3.8) is 0 Å². The molecule has 0 aromatic carbocycles. The highest BCUT2D eigenvalue weighted by molar-refractivity contribution is 9.10. The van der Waals surface area contributed by atoms with Gasteiger partial charge in [0.15, 0.2) is 9.34 Å². The van der Waals surface area contributed by atoms with E-state index in [0.717, 1.165) is 6.42 Å². The van der Waals surface area contributed by atoms with Gasteiger partial charge in [0.25, 0.3) is 0 Å². The first-order chi connectivity index (χ1) is 13.0. The highest BCUT2D eigenvalue weighted by Gasteiger charge is 2.03. The molecule has 0 saturated carbocycles. The molecule has 0 saturated heterocycles. The van der Waals surface area contributed by atoms with Crippen LogP contribution in [0, 0.1) is 0 Å². The number of amides is 2. The molecule has 2 N–H and O–H groups in total. The van der Waals surface area contributed by atoms with Crippen LogP contribution in [0.2, 0.25) is 0 Å². The van der Waals surface area contributed by atoms with Crippen molar-refractivity contribution in [3.05, 3.63) is 45.1 Å². The summed E-state index contributed by atoms with van der Waals surface area (Å²) in [5.74, 6) is 0.706. The van der Waals surface area contributed by atoms with Gasteiger partial charge in [-0.3, -0.25) is 9.59 Å². The van der Waals surface area contributed by atoms with Crippen LogP contribution >= 0.6 is 31.9 Å². The van der Waals surface area contributed by atoms with Gasteiger partial charge in [0, 0.05) is 12.8 Å². The summed E-state index contributed by atoms with van der Waals surface area (Å²) in [5.41, 5.74) is 4.86. The molecule has 0 aliphatic carbocycles. The zero-order chi connectivity index (χ0) is 19.5. The number of carbonyl (C=O) groups is 2.